The molecule has 0 spiro atoms. The number of rotatable bonds is 4. The Balaban J connectivity index is 2.37. The first-order valence-corrected chi connectivity index (χ1v) is 4.00. The molecule has 0 aliphatic heterocycles. The van der Waals surface area contributed by atoms with Crippen LogP contribution in [0, 0.1) is 6.92 Å². The van der Waals surface area contributed by atoms with Crippen molar-refractivity contribution in [1.82, 2.24) is 10.5 Å². The lowest BCUT2D eigenvalue weighted by atomic mass is 10.3. The summed E-state index contributed by atoms with van der Waals surface area (Å²) in [5.41, 5.74) is 0.915. The van der Waals surface area contributed by atoms with E-state index in [9.17, 15) is 0 Å². The summed E-state index contributed by atoms with van der Waals surface area (Å²) in [7, 11) is 0. The number of nitrogens with zero attached hydrogens (tertiary/aromatic N) is 1. The fourth-order valence-electron chi connectivity index (χ4n) is 0.845. The Bertz CT molecular complexity index is 255. The number of hydrogen-bond donors (Lipinski definition) is 1. The fourth-order valence-corrected chi connectivity index (χ4v) is 0.845. The Morgan fingerprint density at radius 3 is 3.08 bits per heavy atom. The van der Waals surface area contributed by atoms with Crippen molar-refractivity contribution in [3.05, 3.63) is 30.2 Å². The van der Waals surface area contributed by atoms with Gasteiger partial charge in [-0.3, -0.25) is 0 Å². The largest absolute Gasteiger partial charge is 0.360 e. The molecule has 0 fully saturated rings. The van der Waals surface area contributed by atoms with Crippen LogP contribution in [-0.4, -0.2) is 11.2 Å². The maximum Gasteiger partial charge on any atom is 0.150 e. The van der Waals surface area contributed by atoms with E-state index in [0.29, 0.717) is 12.6 Å². The SMILES string of the molecule is C=CC(C)NCc1cc(C)no1. The van der Waals surface area contributed by atoms with Crippen molar-refractivity contribution in [1.29, 1.82) is 0 Å². The second-order valence-electron chi connectivity index (χ2n) is 2.84. The van der Waals surface area contributed by atoms with Crippen LogP contribution in [0.1, 0.15) is 18.4 Å². The molecule has 1 aromatic rings. The fraction of sp³-hybridized carbons (Fsp3) is 0.444. The van der Waals surface area contributed by atoms with Gasteiger partial charge in [0.25, 0.3) is 0 Å². The Labute approximate surface area is 72.4 Å². The van der Waals surface area contributed by atoms with Crippen molar-refractivity contribution in [2.24, 2.45) is 0 Å². The molecule has 0 bridgehead atoms. The molecular weight excluding hydrogens is 152 g/mol. The van der Waals surface area contributed by atoms with E-state index in [2.05, 4.69) is 17.1 Å². The first kappa shape index (κ1) is 9.00. The Hall–Kier alpha value is -1.09. The van der Waals surface area contributed by atoms with Crippen LogP contribution in [0.25, 0.3) is 0 Å². The minimum absolute atomic E-state index is 0.301. The average molecular weight is 166 g/mol. The lowest BCUT2D eigenvalue weighted by Gasteiger charge is -2.05. The highest BCUT2D eigenvalue weighted by molar-refractivity contribution is 5.03. The van der Waals surface area contributed by atoms with Crippen LogP contribution in [0.3, 0.4) is 0 Å². The van der Waals surface area contributed by atoms with Crippen molar-refractivity contribution in [3.63, 3.8) is 0 Å². The average Bonchev–Trinajstić information content (AvgIpc) is 2.47. The van der Waals surface area contributed by atoms with Crippen LogP contribution in [0.15, 0.2) is 23.2 Å². The van der Waals surface area contributed by atoms with E-state index in [0.717, 1.165) is 11.5 Å². The molecule has 1 heterocycles. The third-order valence-corrected chi connectivity index (χ3v) is 1.63. The lowest BCUT2D eigenvalue weighted by molar-refractivity contribution is 0.367. The van der Waals surface area contributed by atoms with Crippen molar-refractivity contribution in [3.8, 4) is 0 Å². The molecule has 1 rings (SSSR count). The topological polar surface area (TPSA) is 38.1 Å². The van der Waals surface area contributed by atoms with Crippen molar-refractivity contribution < 1.29 is 4.52 Å². The van der Waals surface area contributed by atoms with Crippen LogP contribution in [0.5, 0.6) is 0 Å². The molecule has 1 aromatic heterocycles. The maximum atomic E-state index is 5.01. The number of aryl methyl sites for hydroxylation is 1. The van der Waals surface area contributed by atoms with Gasteiger partial charge in [-0.1, -0.05) is 11.2 Å². The Morgan fingerprint density at radius 1 is 1.83 bits per heavy atom. The Morgan fingerprint density at radius 2 is 2.58 bits per heavy atom. The molecule has 0 aliphatic carbocycles. The summed E-state index contributed by atoms with van der Waals surface area (Å²) in [4.78, 5) is 0. The molecule has 1 unspecified atom stereocenters. The van der Waals surface area contributed by atoms with Gasteiger partial charge in [-0.05, 0) is 13.8 Å². The number of hydrogen-bond acceptors (Lipinski definition) is 3. The molecule has 0 saturated carbocycles. The molecule has 0 aliphatic rings. The van der Waals surface area contributed by atoms with Gasteiger partial charge in [-0.25, -0.2) is 0 Å². The van der Waals surface area contributed by atoms with Crippen LogP contribution < -0.4 is 5.32 Å². The molecule has 3 heteroatoms. The van der Waals surface area contributed by atoms with E-state index in [1.54, 1.807) is 0 Å². The molecule has 0 saturated heterocycles. The quantitative estimate of drug-likeness (QED) is 0.691. The van der Waals surface area contributed by atoms with Crippen molar-refractivity contribution in [2.75, 3.05) is 0 Å². The normalized spacial score (nSPS) is 12.8. The molecule has 12 heavy (non-hydrogen) atoms. The van der Waals surface area contributed by atoms with Crippen LogP contribution in [-0.2, 0) is 6.54 Å². The molecule has 0 amide bonds. The zero-order chi connectivity index (χ0) is 8.97. The molecule has 3 nitrogen and oxygen atoms in total. The summed E-state index contributed by atoms with van der Waals surface area (Å²) in [5, 5.41) is 6.99. The third-order valence-electron chi connectivity index (χ3n) is 1.63. The predicted molar refractivity (Wildman–Crippen MR) is 47.7 cm³/mol. The first-order valence-electron chi connectivity index (χ1n) is 4.00. The van der Waals surface area contributed by atoms with E-state index in [4.69, 9.17) is 4.52 Å². The van der Waals surface area contributed by atoms with Gasteiger partial charge < -0.3 is 9.84 Å². The molecule has 0 radical (unpaired) electrons. The smallest absolute Gasteiger partial charge is 0.150 e. The summed E-state index contributed by atoms with van der Waals surface area (Å²) in [6.07, 6.45) is 1.85. The van der Waals surface area contributed by atoms with Gasteiger partial charge >= 0.3 is 0 Å². The summed E-state index contributed by atoms with van der Waals surface area (Å²) < 4.78 is 5.01. The molecule has 66 valence electrons. The number of nitrogens with one attached hydrogen (secondary N) is 1. The first-order chi connectivity index (χ1) is 5.72. The van der Waals surface area contributed by atoms with Gasteiger partial charge in [-0.15, -0.1) is 6.58 Å². The van der Waals surface area contributed by atoms with Crippen molar-refractivity contribution >= 4 is 0 Å². The monoisotopic (exact) mass is 166 g/mol. The zero-order valence-corrected chi connectivity index (χ0v) is 7.50. The van der Waals surface area contributed by atoms with Crippen LogP contribution >= 0.6 is 0 Å². The van der Waals surface area contributed by atoms with E-state index in [1.165, 1.54) is 0 Å². The molecule has 1 N–H and O–H groups in total. The lowest BCUT2D eigenvalue weighted by Crippen LogP contribution is -2.22. The summed E-state index contributed by atoms with van der Waals surface area (Å²) >= 11 is 0. The van der Waals surface area contributed by atoms with Gasteiger partial charge in [0, 0.05) is 12.1 Å². The van der Waals surface area contributed by atoms with Gasteiger partial charge in [0.2, 0.25) is 0 Å². The predicted octanol–water partition coefficient (Wildman–Crippen LogP) is 1.65. The summed E-state index contributed by atoms with van der Waals surface area (Å²) in [6, 6.07) is 2.22. The van der Waals surface area contributed by atoms with Gasteiger partial charge in [-0.2, -0.15) is 0 Å². The van der Waals surface area contributed by atoms with Gasteiger partial charge in [0.1, 0.15) is 0 Å². The molecular formula is C9H14N2O. The van der Waals surface area contributed by atoms with E-state index in [1.807, 2.05) is 26.0 Å². The third kappa shape index (κ3) is 2.51. The van der Waals surface area contributed by atoms with Gasteiger partial charge in [0.15, 0.2) is 5.76 Å². The zero-order valence-electron chi connectivity index (χ0n) is 7.50. The molecule has 1 atom stereocenters. The van der Waals surface area contributed by atoms with Crippen molar-refractivity contribution in [2.45, 2.75) is 26.4 Å². The standard InChI is InChI=1S/C9H14N2O/c1-4-7(2)10-6-9-5-8(3)11-12-9/h4-5,7,10H,1,6H2,2-3H3. The summed E-state index contributed by atoms with van der Waals surface area (Å²) in [6.45, 7) is 8.32. The Kier molecular flexibility index (Phi) is 3.05. The van der Waals surface area contributed by atoms with E-state index < -0.39 is 0 Å². The second-order valence-corrected chi connectivity index (χ2v) is 2.84. The highest BCUT2D eigenvalue weighted by Gasteiger charge is 2.00. The maximum absolute atomic E-state index is 5.01. The number of aromatic nitrogens is 1. The van der Waals surface area contributed by atoms with E-state index >= 15 is 0 Å². The minimum Gasteiger partial charge on any atom is -0.360 e. The summed E-state index contributed by atoms with van der Waals surface area (Å²) in [5.74, 6) is 0.862. The highest BCUT2D eigenvalue weighted by Crippen LogP contribution is 2.01. The minimum atomic E-state index is 0.301. The second kappa shape index (κ2) is 4.07. The van der Waals surface area contributed by atoms with E-state index in [-0.39, 0.29) is 0 Å². The molecule has 0 aromatic carbocycles. The van der Waals surface area contributed by atoms with Crippen LogP contribution in [0.2, 0.25) is 0 Å². The van der Waals surface area contributed by atoms with Gasteiger partial charge in [0.05, 0.1) is 12.2 Å². The highest BCUT2D eigenvalue weighted by atomic mass is 16.5. The van der Waals surface area contributed by atoms with Crippen LogP contribution in [0.4, 0.5) is 0 Å².